The molecule has 1 fully saturated rings. The van der Waals surface area contributed by atoms with Crippen LogP contribution in [0, 0.1) is 0 Å². The molecule has 0 N–H and O–H groups in total. The summed E-state index contributed by atoms with van der Waals surface area (Å²) in [6.07, 6.45) is 1.75. The highest BCUT2D eigenvalue weighted by molar-refractivity contribution is 7.12. The number of methoxy groups -OCH3 is 3. The van der Waals surface area contributed by atoms with Crippen LogP contribution < -0.4 is 4.90 Å². The Hall–Kier alpha value is -4.25. The van der Waals surface area contributed by atoms with Crippen molar-refractivity contribution in [3.8, 4) is 0 Å². The van der Waals surface area contributed by atoms with E-state index in [-0.39, 0.29) is 23.5 Å². The fourth-order valence-corrected chi connectivity index (χ4v) is 6.47. The number of nitrogens with zero attached hydrogens (tertiary/aromatic N) is 3. The maximum Gasteiger partial charge on any atom is 0.357 e. The van der Waals surface area contributed by atoms with E-state index in [9.17, 15) is 19.2 Å². The van der Waals surface area contributed by atoms with Gasteiger partial charge in [-0.25, -0.2) is 19.4 Å². The number of rotatable bonds is 6. The molecule has 1 aromatic heterocycles. The fraction of sp³-hybridized carbons (Fsp3) is 0.296. The Morgan fingerprint density at radius 1 is 1.08 bits per heavy atom. The zero-order valence-corrected chi connectivity index (χ0v) is 21.8. The topological polar surface area (TPSA) is 115 Å². The van der Waals surface area contributed by atoms with Crippen molar-refractivity contribution in [3.63, 3.8) is 0 Å². The summed E-state index contributed by atoms with van der Waals surface area (Å²) in [5.41, 5.74) is 0.0476. The van der Waals surface area contributed by atoms with Crippen molar-refractivity contribution < 1.29 is 33.4 Å². The summed E-state index contributed by atoms with van der Waals surface area (Å²) in [5.74, 6) is -2.57. The second-order valence-electron chi connectivity index (χ2n) is 8.91. The summed E-state index contributed by atoms with van der Waals surface area (Å²) in [7, 11) is 3.64. The van der Waals surface area contributed by atoms with Crippen molar-refractivity contribution in [2.24, 2.45) is 4.99 Å². The molecular formula is C27H25N3O7S. The number of fused-ring (bicyclic) bond motifs is 1. The summed E-state index contributed by atoms with van der Waals surface area (Å²) < 4.78 is 15.3. The van der Waals surface area contributed by atoms with Gasteiger partial charge in [0, 0.05) is 12.2 Å². The third-order valence-electron chi connectivity index (χ3n) is 7.21. The van der Waals surface area contributed by atoms with Gasteiger partial charge in [-0.2, -0.15) is 0 Å². The van der Waals surface area contributed by atoms with Crippen LogP contribution in [-0.2, 0) is 34.0 Å². The van der Waals surface area contributed by atoms with Crippen LogP contribution in [0.1, 0.15) is 21.7 Å². The molecule has 11 heteroatoms. The number of hydrogen-bond acceptors (Lipinski definition) is 10. The average Bonchev–Trinajstić information content (AvgIpc) is 3.66. The minimum atomic E-state index is -1.16. The highest BCUT2D eigenvalue weighted by Crippen LogP contribution is 2.58. The van der Waals surface area contributed by atoms with Crippen LogP contribution in [0.5, 0.6) is 0 Å². The van der Waals surface area contributed by atoms with Crippen LogP contribution in [0.4, 0.5) is 5.69 Å². The lowest BCUT2D eigenvalue weighted by Gasteiger charge is -2.40. The first-order valence-electron chi connectivity index (χ1n) is 11.8. The lowest BCUT2D eigenvalue weighted by atomic mass is 9.69. The molecule has 1 saturated heterocycles. The molecule has 0 aliphatic carbocycles. The minimum Gasteiger partial charge on any atom is -0.467 e. The van der Waals surface area contributed by atoms with Gasteiger partial charge < -0.3 is 19.1 Å². The lowest BCUT2D eigenvalue weighted by molar-refractivity contribution is -0.144. The molecule has 3 aliphatic rings. The van der Waals surface area contributed by atoms with Crippen molar-refractivity contribution in [2.45, 2.75) is 23.9 Å². The van der Waals surface area contributed by atoms with Crippen molar-refractivity contribution in [1.29, 1.82) is 0 Å². The molecule has 5 rings (SSSR count). The predicted molar refractivity (Wildman–Crippen MR) is 139 cm³/mol. The molecule has 0 saturated carbocycles. The molecule has 196 valence electrons. The Morgan fingerprint density at radius 3 is 2.45 bits per heavy atom. The number of para-hydroxylation sites is 1. The van der Waals surface area contributed by atoms with Crippen molar-refractivity contribution in [2.75, 3.05) is 32.8 Å². The molecule has 0 bridgehead atoms. The van der Waals surface area contributed by atoms with Crippen LogP contribution in [0.25, 0.3) is 0 Å². The number of hydrogen-bond donors (Lipinski definition) is 0. The number of aliphatic imine (C=N–C) groups is 1. The van der Waals surface area contributed by atoms with Crippen LogP contribution >= 0.6 is 11.3 Å². The van der Waals surface area contributed by atoms with Crippen LogP contribution in [0.15, 0.2) is 70.7 Å². The quantitative estimate of drug-likeness (QED) is 0.315. The molecule has 1 aromatic carbocycles. The second-order valence-corrected chi connectivity index (χ2v) is 9.86. The van der Waals surface area contributed by atoms with E-state index in [2.05, 4.69) is 11.6 Å². The zero-order chi connectivity index (χ0) is 27.2. The molecular weight excluding hydrogens is 510 g/mol. The lowest BCUT2D eigenvalue weighted by Crippen LogP contribution is -2.55. The molecule has 38 heavy (non-hydrogen) atoms. The van der Waals surface area contributed by atoms with E-state index in [0.29, 0.717) is 11.4 Å². The number of thiophene rings is 1. The van der Waals surface area contributed by atoms with E-state index < -0.39 is 41.3 Å². The van der Waals surface area contributed by atoms with Gasteiger partial charge in [0.1, 0.15) is 11.9 Å². The molecule has 4 heterocycles. The number of benzene rings is 1. The fourth-order valence-electron chi connectivity index (χ4n) is 5.81. The van der Waals surface area contributed by atoms with Crippen LogP contribution in [0.3, 0.4) is 0 Å². The van der Waals surface area contributed by atoms with Gasteiger partial charge in [0.25, 0.3) is 5.91 Å². The van der Waals surface area contributed by atoms with Gasteiger partial charge >= 0.3 is 17.9 Å². The molecule has 3 atom stereocenters. The molecule has 2 aromatic rings. The maximum atomic E-state index is 13.9. The second kappa shape index (κ2) is 9.56. The summed E-state index contributed by atoms with van der Waals surface area (Å²) in [5, 5.41) is 1.75. The largest absolute Gasteiger partial charge is 0.467 e. The summed E-state index contributed by atoms with van der Waals surface area (Å²) >= 11 is 1.22. The van der Waals surface area contributed by atoms with Crippen LogP contribution in [-0.4, -0.2) is 74.5 Å². The minimum absolute atomic E-state index is 0.0183. The predicted octanol–water partition coefficient (Wildman–Crippen LogP) is 2.46. The zero-order valence-electron chi connectivity index (χ0n) is 21.0. The Bertz CT molecular complexity index is 1410. The number of carbonyl (C=O) groups excluding carboxylic acids is 4. The summed E-state index contributed by atoms with van der Waals surface area (Å²) in [4.78, 5) is 61.7. The van der Waals surface area contributed by atoms with Crippen molar-refractivity contribution >= 4 is 46.7 Å². The highest BCUT2D eigenvalue weighted by atomic mass is 32.1. The Kier molecular flexibility index (Phi) is 6.39. The molecule has 0 radical (unpaired) electrons. The monoisotopic (exact) mass is 535 g/mol. The van der Waals surface area contributed by atoms with E-state index in [1.807, 2.05) is 29.2 Å². The summed E-state index contributed by atoms with van der Waals surface area (Å²) in [6, 6.07) is 8.92. The van der Waals surface area contributed by atoms with Crippen LogP contribution in [0.2, 0.25) is 0 Å². The van der Waals surface area contributed by atoms with E-state index in [0.717, 1.165) is 11.3 Å². The number of ether oxygens (including phenoxy) is 3. The molecule has 0 unspecified atom stereocenters. The van der Waals surface area contributed by atoms with E-state index in [1.165, 1.54) is 37.6 Å². The first-order valence-corrected chi connectivity index (χ1v) is 12.7. The number of amidine groups is 1. The molecule has 1 spiro atoms. The standard InChI is InChI=1S/C27H25N3O7S/c1-5-12-29-16-10-7-6-9-15(16)27-14-17(23(32)35-2)30(22(31)18-11-8-13-38-18)26(27)28-20(25(34)37-4)19(21(27)29)24(33)36-3/h5-11,13,17,21H,1,12,14H2,2-4H3/t17-,21-,27-/m0/s1. The van der Waals surface area contributed by atoms with E-state index >= 15 is 0 Å². The number of amides is 1. The summed E-state index contributed by atoms with van der Waals surface area (Å²) in [6.45, 7) is 4.18. The maximum absolute atomic E-state index is 13.9. The van der Waals surface area contributed by atoms with Gasteiger partial charge in [0.05, 0.1) is 43.2 Å². The average molecular weight is 536 g/mol. The molecule has 3 aliphatic heterocycles. The van der Waals surface area contributed by atoms with Gasteiger partial charge in [-0.05, 0) is 29.5 Å². The molecule has 10 nitrogen and oxygen atoms in total. The van der Waals surface area contributed by atoms with Gasteiger partial charge in [0.15, 0.2) is 5.70 Å². The number of esters is 3. The van der Waals surface area contributed by atoms with E-state index in [4.69, 9.17) is 14.2 Å². The van der Waals surface area contributed by atoms with Gasteiger partial charge in [-0.15, -0.1) is 17.9 Å². The first-order chi connectivity index (χ1) is 18.3. The van der Waals surface area contributed by atoms with Gasteiger partial charge in [-0.3, -0.25) is 9.69 Å². The molecule has 1 amide bonds. The number of anilines is 1. The van der Waals surface area contributed by atoms with Gasteiger partial charge in [0.2, 0.25) is 0 Å². The smallest absolute Gasteiger partial charge is 0.357 e. The highest BCUT2D eigenvalue weighted by Gasteiger charge is 2.67. The number of likely N-dealkylation sites (tertiary alicyclic amines) is 1. The first kappa shape index (κ1) is 25.4. The number of carbonyl (C=O) groups is 4. The Morgan fingerprint density at radius 2 is 1.82 bits per heavy atom. The normalized spacial score (nSPS) is 23.2. The SMILES string of the molecule is C=CCN1c2ccccc2[C@]23C[C@@H](C(=O)OC)N(C(=O)c4cccs4)C2=NC(C(=O)OC)=C(C(=O)OC)[C@H]13. The third-order valence-corrected chi connectivity index (χ3v) is 8.06. The van der Waals surface area contributed by atoms with Gasteiger partial charge in [-0.1, -0.05) is 30.3 Å². The third kappa shape index (κ3) is 3.42. The van der Waals surface area contributed by atoms with Crippen molar-refractivity contribution in [1.82, 2.24) is 4.90 Å². The van der Waals surface area contributed by atoms with E-state index in [1.54, 1.807) is 23.6 Å². The Labute approximate surface area is 222 Å². The Balaban J connectivity index is 1.87. The van der Waals surface area contributed by atoms with Crippen molar-refractivity contribution in [3.05, 3.63) is 76.1 Å².